The van der Waals surface area contributed by atoms with Gasteiger partial charge in [-0.1, -0.05) is 12.7 Å². The molecule has 0 spiro atoms. The molecule has 0 fully saturated rings. The third kappa shape index (κ3) is 3.65. The monoisotopic (exact) mass is 175 g/mol. The summed E-state index contributed by atoms with van der Waals surface area (Å²) in [7, 11) is -2.67. The molecule has 11 heavy (non-hydrogen) atoms. The molecular formula is C6H8O4P+. The fourth-order valence-electron chi connectivity index (χ4n) is 0.296. The van der Waals surface area contributed by atoms with Gasteiger partial charge in [-0.15, -0.1) is 0 Å². The standard InChI is InChI=1S/C6H7O4P/c1-3-4-10-6(7)5(2)11(8)9/h3H,1-2,4H2/p+1. The van der Waals surface area contributed by atoms with Crippen LogP contribution in [0.25, 0.3) is 0 Å². The number of carbonyl (C=O) groups excluding carboxylic acids is 1. The summed E-state index contributed by atoms with van der Waals surface area (Å²) in [4.78, 5) is 19.0. The first-order chi connectivity index (χ1) is 5.09. The van der Waals surface area contributed by atoms with Crippen molar-refractivity contribution in [1.82, 2.24) is 0 Å². The Kier molecular flexibility index (Phi) is 4.34. The average molecular weight is 175 g/mol. The molecule has 1 atom stereocenters. The molecule has 0 amide bonds. The molecule has 1 unspecified atom stereocenters. The second kappa shape index (κ2) is 4.77. The SMILES string of the molecule is C=CCOC(=O)C(=C)[P+](=O)O. The topological polar surface area (TPSA) is 63.6 Å². The minimum absolute atomic E-state index is 0.0149. The summed E-state index contributed by atoms with van der Waals surface area (Å²) in [6.07, 6.45) is 1.36. The van der Waals surface area contributed by atoms with E-state index >= 15 is 0 Å². The molecule has 0 saturated heterocycles. The van der Waals surface area contributed by atoms with Crippen molar-refractivity contribution in [1.29, 1.82) is 0 Å². The predicted octanol–water partition coefficient (Wildman–Crippen LogP) is 0.964. The molecule has 0 aliphatic carbocycles. The number of hydrogen-bond donors (Lipinski definition) is 1. The summed E-state index contributed by atoms with van der Waals surface area (Å²) in [6, 6.07) is 0. The molecule has 1 N–H and O–H groups in total. The minimum atomic E-state index is -2.67. The van der Waals surface area contributed by atoms with Crippen molar-refractivity contribution in [2.45, 2.75) is 0 Å². The first-order valence-corrected chi connectivity index (χ1v) is 3.94. The van der Waals surface area contributed by atoms with Crippen LogP contribution in [0.1, 0.15) is 0 Å². The lowest BCUT2D eigenvalue weighted by molar-refractivity contribution is -0.137. The van der Waals surface area contributed by atoms with E-state index in [1.54, 1.807) is 0 Å². The van der Waals surface area contributed by atoms with Gasteiger partial charge in [0.2, 0.25) is 0 Å². The van der Waals surface area contributed by atoms with E-state index in [4.69, 9.17) is 4.89 Å². The molecule has 0 aliphatic rings. The second-order valence-corrected chi connectivity index (χ2v) is 2.69. The molecule has 0 aromatic rings. The maximum Gasteiger partial charge on any atom is 0.553 e. The van der Waals surface area contributed by atoms with Crippen molar-refractivity contribution >= 4 is 14.0 Å². The van der Waals surface area contributed by atoms with E-state index in [9.17, 15) is 9.36 Å². The van der Waals surface area contributed by atoms with Crippen molar-refractivity contribution in [3.63, 3.8) is 0 Å². The molecule has 0 bridgehead atoms. The Balaban J connectivity index is 3.94. The van der Waals surface area contributed by atoms with Crippen LogP contribution in [0.2, 0.25) is 0 Å². The quantitative estimate of drug-likeness (QED) is 0.299. The molecular weight excluding hydrogens is 167 g/mol. The van der Waals surface area contributed by atoms with Crippen LogP contribution in [0.3, 0.4) is 0 Å². The van der Waals surface area contributed by atoms with Gasteiger partial charge in [-0.05, 0) is 11.1 Å². The van der Waals surface area contributed by atoms with Crippen molar-refractivity contribution < 1.29 is 19.0 Å². The van der Waals surface area contributed by atoms with Crippen molar-refractivity contribution in [2.24, 2.45) is 0 Å². The highest BCUT2D eigenvalue weighted by Gasteiger charge is 2.27. The van der Waals surface area contributed by atoms with Crippen LogP contribution in [0.4, 0.5) is 0 Å². The van der Waals surface area contributed by atoms with Crippen LogP contribution >= 0.6 is 8.03 Å². The Morgan fingerprint density at radius 3 is 2.64 bits per heavy atom. The molecule has 0 aromatic heterocycles. The lowest BCUT2D eigenvalue weighted by Crippen LogP contribution is -2.04. The van der Waals surface area contributed by atoms with E-state index in [0.29, 0.717) is 0 Å². The maximum absolute atomic E-state index is 10.6. The lowest BCUT2D eigenvalue weighted by Gasteiger charge is -1.93. The van der Waals surface area contributed by atoms with Crippen molar-refractivity contribution in [2.75, 3.05) is 6.61 Å². The fraction of sp³-hybridized carbons (Fsp3) is 0.167. The molecule has 0 rings (SSSR count). The second-order valence-electron chi connectivity index (χ2n) is 1.61. The van der Waals surface area contributed by atoms with Gasteiger partial charge in [0.15, 0.2) is 0 Å². The van der Waals surface area contributed by atoms with Gasteiger partial charge in [0, 0.05) is 0 Å². The number of carbonyl (C=O) groups is 1. The Hall–Kier alpha value is -0.990. The summed E-state index contributed by atoms with van der Waals surface area (Å²) >= 11 is 0. The zero-order valence-electron chi connectivity index (χ0n) is 5.82. The molecule has 0 aromatic carbocycles. The lowest BCUT2D eigenvalue weighted by atomic mass is 10.6. The van der Waals surface area contributed by atoms with Gasteiger partial charge in [0.05, 0.1) is 0 Å². The number of esters is 1. The highest BCUT2D eigenvalue weighted by Crippen LogP contribution is 2.25. The molecule has 60 valence electrons. The first kappa shape index (κ1) is 10.0. The van der Waals surface area contributed by atoms with Gasteiger partial charge in [-0.25, -0.2) is 4.79 Å². The number of rotatable bonds is 4. The Morgan fingerprint density at radius 2 is 2.27 bits per heavy atom. The summed E-state index contributed by atoms with van der Waals surface area (Å²) in [6.45, 7) is 6.37. The maximum atomic E-state index is 10.6. The zero-order valence-corrected chi connectivity index (χ0v) is 6.71. The summed E-state index contributed by atoms with van der Waals surface area (Å²) in [5, 5.41) is -0.429. The fourth-order valence-corrected chi connectivity index (χ4v) is 0.517. The van der Waals surface area contributed by atoms with Crippen molar-refractivity contribution in [3.8, 4) is 0 Å². The van der Waals surface area contributed by atoms with Crippen LogP contribution in [0, 0.1) is 0 Å². The van der Waals surface area contributed by atoms with Crippen molar-refractivity contribution in [3.05, 3.63) is 24.5 Å². The van der Waals surface area contributed by atoms with E-state index in [2.05, 4.69) is 17.9 Å². The molecule has 4 nitrogen and oxygen atoms in total. The number of ether oxygens (including phenoxy) is 1. The first-order valence-electron chi connectivity index (χ1n) is 2.72. The van der Waals surface area contributed by atoms with Gasteiger partial charge < -0.3 is 4.74 Å². The Morgan fingerprint density at radius 1 is 1.73 bits per heavy atom. The van der Waals surface area contributed by atoms with Crippen LogP contribution in [-0.2, 0) is 14.1 Å². The Labute approximate surface area is 65.0 Å². The highest BCUT2D eigenvalue weighted by molar-refractivity contribution is 7.44. The minimum Gasteiger partial charge on any atom is -0.455 e. The zero-order chi connectivity index (χ0) is 8.85. The summed E-state index contributed by atoms with van der Waals surface area (Å²) in [5.41, 5.74) is 0. The molecule has 0 radical (unpaired) electrons. The molecule has 0 aliphatic heterocycles. The van der Waals surface area contributed by atoms with Gasteiger partial charge in [0.25, 0.3) is 0 Å². The third-order valence-electron chi connectivity index (χ3n) is 0.799. The Bertz CT molecular complexity index is 209. The molecule has 5 heteroatoms. The largest absolute Gasteiger partial charge is 0.553 e. The van der Waals surface area contributed by atoms with Crippen LogP contribution in [0.15, 0.2) is 24.5 Å². The van der Waals surface area contributed by atoms with Gasteiger partial charge in [-0.3, -0.25) is 0 Å². The predicted molar refractivity (Wildman–Crippen MR) is 40.1 cm³/mol. The molecule has 0 heterocycles. The molecule has 0 saturated carbocycles. The van der Waals surface area contributed by atoms with Gasteiger partial charge in [0.1, 0.15) is 6.61 Å². The van der Waals surface area contributed by atoms with Crippen LogP contribution < -0.4 is 0 Å². The summed E-state index contributed by atoms with van der Waals surface area (Å²) < 4.78 is 14.6. The third-order valence-corrected chi connectivity index (χ3v) is 1.44. The summed E-state index contributed by atoms with van der Waals surface area (Å²) in [5.74, 6) is -0.867. The van der Waals surface area contributed by atoms with Crippen LogP contribution in [-0.4, -0.2) is 17.5 Å². The average Bonchev–Trinajstić information content (AvgIpc) is 1.98. The van der Waals surface area contributed by atoms with E-state index < -0.39 is 19.3 Å². The highest BCUT2D eigenvalue weighted by atomic mass is 31.1. The van der Waals surface area contributed by atoms with Gasteiger partial charge >= 0.3 is 19.3 Å². The smallest absolute Gasteiger partial charge is 0.455 e. The van der Waals surface area contributed by atoms with Crippen LogP contribution in [0.5, 0.6) is 0 Å². The van der Waals surface area contributed by atoms with Gasteiger partial charge in [-0.2, -0.15) is 4.89 Å². The van der Waals surface area contributed by atoms with E-state index in [0.717, 1.165) is 0 Å². The number of hydrogen-bond acceptors (Lipinski definition) is 3. The van der Waals surface area contributed by atoms with E-state index in [1.165, 1.54) is 6.08 Å². The normalized spacial score (nSPS) is 10.1. The van der Waals surface area contributed by atoms with E-state index in [1.807, 2.05) is 0 Å². The van der Waals surface area contributed by atoms with E-state index in [-0.39, 0.29) is 6.61 Å².